The third-order valence-electron chi connectivity index (χ3n) is 4.99. The first kappa shape index (κ1) is 22.8. The summed E-state index contributed by atoms with van der Waals surface area (Å²) in [7, 11) is 0. The molecule has 0 aliphatic carbocycles. The Labute approximate surface area is 196 Å². The lowest BCUT2D eigenvalue weighted by Gasteiger charge is -2.12. The van der Waals surface area contributed by atoms with Crippen molar-refractivity contribution in [2.75, 3.05) is 30.5 Å². The number of nitrogens with one attached hydrogen (secondary N) is 2. The molecular weight excluding hydrogens is 436 g/mol. The number of para-hydroxylation sites is 1. The molecule has 0 unspecified atom stereocenters. The molecule has 4 rings (SSSR count). The van der Waals surface area contributed by atoms with Gasteiger partial charge in [-0.1, -0.05) is 42.5 Å². The first-order valence-corrected chi connectivity index (χ1v) is 10.9. The maximum absolute atomic E-state index is 12.6. The number of carbonyl (C=O) groups excluding carboxylic acids is 3. The minimum atomic E-state index is -0.718. The van der Waals surface area contributed by atoms with Crippen LogP contribution in [0.1, 0.15) is 22.3 Å². The second kappa shape index (κ2) is 11.0. The largest absolute Gasteiger partial charge is 0.490 e. The van der Waals surface area contributed by atoms with E-state index in [0.29, 0.717) is 36.1 Å². The summed E-state index contributed by atoms with van der Waals surface area (Å²) < 4.78 is 16.4. The van der Waals surface area contributed by atoms with E-state index in [-0.39, 0.29) is 17.9 Å². The van der Waals surface area contributed by atoms with Crippen LogP contribution in [0, 0.1) is 0 Å². The molecule has 8 heteroatoms. The van der Waals surface area contributed by atoms with Crippen molar-refractivity contribution in [1.82, 2.24) is 0 Å². The predicted molar refractivity (Wildman–Crippen MR) is 126 cm³/mol. The van der Waals surface area contributed by atoms with E-state index in [4.69, 9.17) is 14.2 Å². The second-order valence-electron chi connectivity index (χ2n) is 7.59. The second-order valence-corrected chi connectivity index (χ2v) is 7.59. The number of hydrogen-bond donors (Lipinski definition) is 2. The monoisotopic (exact) mass is 460 g/mol. The molecule has 3 aromatic rings. The molecule has 2 N–H and O–H groups in total. The van der Waals surface area contributed by atoms with Gasteiger partial charge in [0.05, 0.1) is 30.9 Å². The molecule has 3 aromatic carbocycles. The lowest BCUT2D eigenvalue weighted by atomic mass is 10.1. The summed E-state index contributed by atoms with van der Waals surface area (Å²) in [5, 5.41) is 5.41. The van der Waals surface area contributed by atoms with Crippen LogP contribution in [-0.4, -0.2) is 37.6 Å². The zero-order valence-corrected chi connectivity index (χ0v) is 18.4. The van der Waals surface area contributed by atoms with E-state index in [1.807, 2.05) is 30.3 Å². The van der Waals surface area contributed by atoms with E-state index < -0.39 is 18.5 Å². The fraction of sp³-hybridized carbons (Fsp3) is 0.192. The molecule has 0 saturated carbocycles. The molecule has 0 saturated heterocycles. The third kappa shape index (κ3) is 6.13. The first-order chi connectivity index (χ1) is 16.6. The van der Waals surface area contributed by atoms with Crippen LogP contribution in [0.25, 0.3) is 0 Å². The van der Waals surface area contributed by atoms with Crippen LogP contribution in [0.3, 0.4) is 0 Å². The van der Waals surface area contributed by atoms with Crippen molar-refractivity contribution < 1.29 is 28.6 Å². The molecule has 1 aliphatic heterocycles. The van der Waals surface area contributed by atoms with Gasteiger partial charge in [-0.25, -0.2) is 4.79 Å². The number of fused-ring (bicyclic) bond motifs is 1. The number of benzene rings is 3. The summed E-state index contributed by atoms with van der Waals surface area (Å²) in [6.45, 7) is 0.617. The molecule has 1 aliphatic rings. The highest BCUT2D eigenvalue weighted by Crippen LogP contribution is 2.32. The minimum Gasteiger partial charge on any atom is -0.490 e. The number of amides is 2. The Morgan fingerprint density at radius 2 is 1.53 bits per heavy atom. The van der Waals surface area contributed by atoms with Crippen molar-refractivity contribution in [2.45, 2.75) is 12.8 Å². The fourth-order valence-electron chi connectivity index (χ4n) is 3.39. The van der Waals surface area contributed by atoms with E-state index >= 15 is 0 Å². The summed E-state index contributed by atoms with van der Waals surface area (Å²) in [4.78, 5) is 37.3. The molecule has 0 bridgehead atoms. The van der Waals surface area contributed by atoms with Crippen molar-refractivity contribution in [1.29, 1.82) is 0 Å². The summed E-state index contributed by atoms with van der Waals surface area (Å²) in [5.74, 6) is -0.322. The Hall–Kier alpha value is -4.33. The van der Waals surface area contributed by atoms with Crippen molar-refractivity contribution >= 4 is 29.2 Å². The molecule has 0 spiro atoms. The van der Waals surface area contributed by atoms with Gasteiger partial charge >= 0.3 is 5.97 Å². The SMILES string of the molecule is O=C(COC(=O)c1ccccc1NC(=O)Cc1ccccc1)Nc1ccc2c(c1)OCCCO2. The number of esters is 1. The smallest absolute Gasteiger partial charge is 0.340 e. The van der Waals surface area contributed by atoms with Crippen molar-refractivity contribution in [3.63, 3.8) is 0 Å². The van der Waals surface area contributed by atoms with Gasteiger partial charge in [0.1, 0.15) is 0 Å². The zero-order chi connectivity index (χ0) is 23.8. The van der Waals surface area contributed by atoms with Crippen LogP contribution in [0.15, 0.2) is 72.8 Å². The summed E-state index contributed by atoms with van der Waals surface area (Å²) >= 11 is 0. The van der Waals surface area contributed by atoms with E-state index in [9.17, 15) is 14.4 Å². The fourth-order valence-corrected chi connectivity index (χ4v) is 3.39. The molecule has 8 nitrogen and oxygen atoms in total. The van der Waals surface area contributed by atoms with Crippen LogP contribution in [0.5, 0.6) is 11.5 Å². The standard InChI is InChI=1S/C26H24N2O6/c29-24(15-18-7-2-1-3-8-18)28-21-10-5-4-9-20(21)26(31)34-17-25(30)27-19-11-12-22-23(16-19)33-14-6-13-32-22/h1-5,7-12,16H,6,13-15,17H2,(H,27,30)(H,28,29). The van der Waals surface area contributed by atoms with E-state index in [1.54, 1.807) is 36.4 Å². The molecular formula is C26H24N2O6. The van der Waals surface area contributed by atoms with Crippen LogP contribution in [0.4, 0.5) is 11.4 Å². The number of ether oxygens (including phenoxy) is 3. The molecule has 1 heterocycles. The van der Waals surface area contributed by atoms with Crippen LogP contribution in [-0.2, 0) is 20.7 Å². The molecule has 2 amide bonds. The number of rotatable bonds is 7. The Bertz CT molecular complexity index is 1180. The highest BCUT2D eigenvalue weighted by Gasteiger charge is 2.17. The molecule has 0 aromatic heterocycles. The normalized spacial score (nSPS) is 12.2. The number of hydrogen-bond acceptors (Lipinski definition) is 6. The van der Waals surface area contributed by atoms with Gasteiger partial charge in [0.2, 0.25) is 5.91 Å². The Morgan fingerprint density at radius 3 is 2.35 bits per heavy atom. The maximum Gasteiger partial charge on any atom is 0.340 e. The molecule has 0 radical (unpaired) electrons. The van der Waals surface area contributed by atoms with Crippen LogP contribution < -0.4 is 20.1 Å². The van der Waals surface area contributed by atoms with Gasteiger partial charge in [0, 0.05) is 18.2 Å². The van der Waals surface area contributed by atoms with Gasteiger partial charge < -0.3 is 24.8 Å². The highest BCUT2D eigenvalue weighted by atomic mass is 16.5. The first-order valence-electron chi connectivity index (χ1n) is 10.9. The van der Waals surface area contributed by atoms with Gasteiger partial charge in [-0.3, -0.25) is 9.59 Å². The number of carbonyl (C=O) groups is 3. The third-order valence-corrected chi connectivity index (χ3v) is 4.99. The van der Waals surface area contributed by atoms with E-state index in [1.165, 1.54) is 6.07 Å². The lowest BCUT2D eigenvalue weighted by molar-refractivity contribution is -0.119. The summed E-state index contributed by atoms with van der Waals surface area (Å²) in [6, 6.07) is 20.8. The van der Waals surface area contributed by atoms with Crippen molar-refractivity contribution in [2.24, 2.45) is 0 Å². The van der Waals surface area contributed by atoms with E-state index in [0.717, 1.165) is 12.0 Å². The van der Waals surface area contributed by atoms with Gasteiger partial charge in [-0.2, -0.15) is 0 Å². The Morgan fingerprint density at radius 1 is 0.794 bits per heavy atom. The lowest BCUT2D eigenvalue weighted by Crippen LogP contribution is -2.22. The van der Waals surface area contributed by atoms with Crippen LogP contribution >= 0.6 is 0 Å². The molecule has 174 valence electrons. The van der Waals surface area contributed by atoms with Crippen molar-refractivity contribution in [3.8, 4) is 11.5 Å². The van der Waals surface area contributed by atoms with Gasteiger partial charge in [-0.15, -0.1) is 0 Å². The number of anilines is 2. The van der Waals surface area contributed by atoms with Gasteiger partial charge in [0.15, 0.2) is 18.1 Å². The van der Waals surface area contributed by atoms with Crippen molar-refractivity contribution in [3.05, 3.63) is 83.9 Å². The molecule has 0 atom stereocenters. The zero-order valence-electron chi connectivity index (χ0n) is 18.4. The maximum atomic E-state index is 12.6. The molecule has 0 fully saturated rings. The predicted octanol–water partition coefficient (Wildman–Crippen LogP) is 3.82. The van der Waals surface area contributed by atoms with Crippen LogP contribution in [0.2, 0.25) is 0 Å². The average molecular weight is 460 g/mol. The molecule has 34 heavy (non-hydrogen) atoms. The van der Waals surface area contributed by atoms with Gasteiger partial charge in [0.25, 0.3) is 5.91 Å². The average Bonchev–Trinajstić information content (AvgIpc) is 3.08. The quantitative estimate of drug-likeness (QED) is 0.520. The summed E-state index contributed by atoms with van der Waals surface area (Å²) in [5.41, 5.74) is 1.83. The topological polar surface area (TPSA) is 103 Å². The van der Waals surface area contributed by atoms with E-state index in [2.05, 4.69) is 10.6 Å². The van der Waals surface area contributed by atoms with Gasteiger partial charge in [-0.05, 0) is 29.8 Å². The Balaban J connectivity index is 1.33. The minimum absolute atomic E-state index is 0.160. The Kier molecular flexibility index (Phi) is 7.39. The highest BCUT2D eigenvalue weighted by molar-refractivity contribution is 6.02. The summed E-state index contributed by atoms with van der Waals surface area (Å²) in [6.07, 6.45) is 0.947.